The van der Waals surface area contributed by atoms with Gasteiger partial charge in [0.25, 0.3) is 0 Å². The van der Waals surface area contributed by atoms with Gasteiger partial charge >= 0.3 is 6.09 Å². The molecule has 0 radical (unpaired) electrons. The van der Waals surface area contributed by atoms with E-state index in [0.29, 0.717) is 23.3 Å². The molecule has 1 saturated heterocycles. The Morgan fingerprint density at radius 1 is 1.26 bits per heavy atom. The van der Waals surface area contributed by atoms with Crippen LogP contribution in [0.25, 0.3) is 10.9 Å². The monoisotopic (exact) mass is 484 g/mol. The first kappa shape index (κ1) is 22.3. The summed E-state index contributed by atoms with van der Waals surface area (Å²) in [7, 11) is 0. The number of nitrogens with one attached hydrogen (secondary N) is 1. The van der Waals surface area contributed by atoms with Crippen LogP contribution < -0.4 is 5.32 Å². The highest BCUT2D eigenvalue weighted by atomic mass is 35.5. The third-order valence-electron chi connectivity index (χ3n) is 6.41. The number of nitrogens with zero attached hydrogens (tertiary/aromatic N) is 3. The highest BCUT2D eigenvalue weighted by molar-refractivity contribution is 6.30. The standard InChI is InChI=1S/C24H22ClFN4O4/c1-13(31)17-11-29(19-5-6-27-10-16(17)19)12-21(32)30-20-7-15(20)8-22(30)34-24(33)28-9-14-3-2-4-18(25)23(14)26/h2-6,10-11,15,20,22H,7-9,12H2,1H3,(H,28,33)/t15-,20-,22+/m1/s1. The summed E-state index contributed by atoms with van der Waals surface area (Å²) in [6.45, 7) is 1.39. The predicted molar refractivity (Wildman–Crippen MR) is 122 cm³/mol. The van der Waals surface area contributed by atoms with Crippen LogP contribution in [0.4, 0.5) is 9.18 Å². The fourth-order valence-electron chi connectivity index (χ4n) is 4.66. The van der Waals surface area contributed by atoms with E-state index in [4.69, 9.17) is 16.3 Å². The highest BCUT2D eigenvalue weighted by Crippen LogP contribution is 2.48. The van der Waals surface area contributed by atoms with Crippen molar-refractivity contribution in [1.82, 2.24) is 19.8 Å². The van der Waals surface area contributed by atoms with Gasteiger partial charge in [-0.05, 0) is 31.4 Å². The molecule has 2 amide bonds. The number of aromatic nitrogens is 2. The number of rotatable bonds is 6. The summed E-state index contributed by atoms with van der Waals surface area (Å²) >= 11 is 5.78. The van der Waals surface area contributed by atoms with Crippen LogP contribution in [-0.2, 0) is 22.6 Å². The quantitative estimate of drug-likeness (QED) is 0.535. The summed E-state index contributed by atoms with van der Waals surface area (Å²) in [5, 5.41) is 3.19. The first-order valence-electron chi connectivity index (χ1n) is 11.0. The number of ether oxygens (including phenoxy) is 1. The lowest BCUT2D eigenvalue weighted by atomic mass is 10.2. The van der Waals surface area contributed by atoms with Crippen molar-refractivity contribution in [2.45, 2.75) is 45.1 Å². The smallest absolute Gasteiger partial charge is 0.409 e. The summed E-state index contributed by atoms with van der Waals surface area (Å²) in [6, 6.07) is 6.34. The van der Waals surface area contributed by atoms with Crippen molar-refractivity contribution < 1.29 is 23.5 Å². The molecule has 2 aromatic heterocycles. The zero-order valence-electron chi connectivity index (χ0n) is 18.3. The number of amides is 2. The second-order valence-electron chi connectivity index (χ2n) is 8.65. The zero-order valence-corrected chi connectivity index (χ0v) is 19.1. The molecule has 3 atom stereocenters. The van der Waals surface area contributed by atoms with E-state index >= 15 is 0 Å². The van der Waals surface area contributed by atoms with Gasteiger partial charge in [0.15, 0.2) is 12.0 Å². The number of alkyl carbamates (subject to hydrolysis) is 1. The molecule has 5 rings (SSSR count). The van der Waals surface area contributed by atoms with Gasteiger partial charge in [-0.15, -0.1) is 0 Å². The SMILES string of the molecule is CC(=O)c1cn(CC(=O)N2[C@@H](OC(=O)NCc3cccc(Cl)c3F)C[C@H]3C[C@H]32)c2ccncc12. The summed E-state index contributed by atoms with van der Waals surface area (Å²) < 4.78 is 21.3. The Morgan fingerprint density at radius 2 is 2.09 bits per heavy atom. The van der Waals surface area contributed by atoms with E-state index in [-0.39, 0.29) is 41.4 Å². The molecule has 1 aromatic carbocycles. The number of hydrogen-bond acceptors (Lipinski definition) is 5. The van der Waals surface area contributed by atoms with Crippen molar-refractivity contribution in [2.24, 2.45) is 5.92 Å². The molecule has 10 heteroatoms. The van der Waals surface area contributed by atoms with Gasteiger partial charge in [-0.25, -0.2) is 9.18 Å². The van der Waals surface area contributed by atoms with Crippen LogP contribution in [-0.4, -0.2) is 44.5 Å². The molecule has 1 N–H and O–H groups in total. The van der Waals surface area contributed by atoms with E-state index in [9.17, 15) is 18.8 Å². The van der Waals surface area contributed by atoms with Gasteiger partial charge in [0.05, 0.1) is 10.5 Å². The van der Waals surface area contributed by atoms with Gasteiger partial charge in [0.1, 0.15) is 12.4 Å². The Kier molecular flexibility index (Phi) is 5.73. The van der Waals surface area contributed by atoms with Crippen LogP contribution in [0.1, 0.15) is 35.7 Å². The maximum atomic E-state index is 14.0. The zero-order chi connectivity index (χ0) is 24.0. The minimum absolute atomic E-state index is 0.00617. The van der Waals surface area contributed by atoms with E-state index in [1.165, 1.54) is 19.1 Å². The number of Topliss-reactive ketones (excluding diaryl/α,β-unsaturated/α-hetero) is 1. The number of fused-ring (bicyclic) bond motifs is 2. The topological polar surface area (TPSA) is 93.5 Å². The van der Waals surface area contributed by atoms with Crippen LogP contribution in [0.15, 0.2) is 42.9 Å². The van der Waals surface area contributed by atoms with Crippen molar-refractivity contribution in [3.05, 3.63) is 64.8 Å². The number of piperidine rings is 1. The Morgan fingerprint density at radius 3 is 2.88 bits per heavy atom. The minimum atomic E-state index is -0.736. The molecule has 1 aliphatic heterocycles. The predicted octanol–water partition coefficient (Wildman–Crippen LogP) is 3.90. The van der Waals surface area contributed by atoms with Gasteiger partial charge in [-0.2, -0.15) is 0 Å². The van der Waals surface area contributed by atoms with Gasteiger partial charge in [0, 0.05) is 54.1 Å². The second kappa shape index (κ2) is 8.72. The highest BCUT2D eigenvalue weighted by Gasteiger charge is 2.55. The van der Waals surface area contributed by atoms with Crippen molar-refractivity contribution in [1.29, 1.82) is 0 Å². The third-order valence-corrected chi connectivity index (χ3v) is 6.70. The van der Waals surface area contributed by atoms with Crippen LogP contribution in [0.5, 0.6) is 0 Å². The van der Waals surface area contributed by atoms with E-state index in [1.807, 2.05) is 0 Å². The maximum Gasteiger partial charge on any atom is 0.409 e. The third kappa shape index (κ3) is 4.11. The van der Waals surface area contributed by atoms with Crippen molar-refractivity contribution in [3.8, 4) is 0 Å². The molecule has 1 saturated carbocycles. The normalized spacial score (nSPS) is 20.8. The van der Waals surface area contributed by atoms with Gasteiger partial charge in [-0.3, -0.25) is 14.6 Å². The number of ketones is 1. The lowest BCUT2D eigenvalue weighted by Crippen LogP contribution is -2.44. The number of benzene rings is 1. The summed E-state index contributed by atoms with van der Waals surface area (Å²) in [6.07, 6.45) is 4.88. The summed E-state index contributed by atoms with van der Waals surface area (Å²) in [4.78, 5) is 43.4. The van der Waals surface area contributed by atoms with Crippen molar-refractivity contribution >= 4 is 40.3 Å². The number of pyridine rings is 1. The molecular formula is C24H22ClFN4O4. The van der Waals surface area contributed by atoms with Crippen molar-refractivity contribution in [2.75, 3.05) is 0 Å². The van der Waals surface area contributed by atoms with Crippen LogP contribution in [0.2, 0.25) is 5.02 Å². The Bertz CT molecular complexity index is 1310. The average Bonchev–Trinajstić information content (AvgIpc) is 3.31. The number of carbonyl (C=O) groups excluding carboxylic acids is 3. The van der Waals surface area contributed by atoms with Crippen LogP contribution in [0, 0.1) is 11.7 Å². The summed E-state index contributed by atoms with van der Waals surface area (Å²) in [5.74, 6) is -0.609. The second-order valence-corrected chi connectivity index (χ2v) is 9.05. The molecule has 8 nitrogen and oxygen atoms in total. The summed E-state index contributed by atoms with van der Waals surface area (Å²) in [5.41, 5.74) is 1.47. The van der Waals surface area contributed by atoms with E-state index in [1.54, 1.807) is 40.2 Å². The fraction of sp³-hybridized carbons (Fsp3) is 0.333. The van der Waals surface area contributed by atoms with Gasteiger partial charge < -0.3 is 19.5 Å². The number of carbonyl (C=O) groups is 3. The molecule has 176 valence electrons. The maximum absolute atomic E-state index is 14.0. The number of halogens is 2. The molecule has 0 unspecified atom stereocenters. The molecule has 3 heterocycles. The molecule has 0 bridgehead atoms. The first-order chi connectivity index (χ1) is 16.3. The van der Waals surface area contributed by atoms with Crippen LogP contribution >= 0.6 is 11.6 Å². The molecule has 3 aromatic rings. The number of hydrogen-bond donors (Lipinski definition) is 1. The molecule has 2 aliphatic rings. The van der Waals surface area contributed by atoms with Gasteiger partial charge in [-0.1, -0.05) is 23.7 Å². The van der Waals surface area contributed by atoms with Gasteiger partial charge in [0.2, 0.25) is 5.91 Å². The minimum Gasteiger partial charge on any atom is -0.425 e. The molecule has 1 aliphatic carbocycles. The fourth-order valence-corrected chi connectivity index (χ4v) is 4.85. The Balaban J connectivity index is 1.27. The number of likely N-dealkylation sites (tertiary alicyclic amines) is 1. The Hall–Kier alpha value is -3.46. The first-order valence-corrected chi connectivity index (χ1v) is 11.3. The van der Waals surface area contributed by atoms with Crippen LogP contribution in [0.3, 0.4) is 0 Å². The lowest BCUT2D eigenvalue weighted by Gasteiger charge is -2.27. The Labute approximate surface area is 199 Å². The average molecular weight is 485 g/mol. The largest absolute Gasteiger partial charge is 0.425 e. The van der Waals surface area contributed by atoms with E-state index < -0.39 is 18.1 Å². The molecule has 2 fully saturated rings. The van der Waals surface area contributed by atoms with E-state index in [0.717, 1.165) is 11.9 Å². The lowest BCUT2D eigenvalue weighted by molar-refractivity contribution is -0.140. The van der Waals surface area contributed by atoms with E-state index in [2.05, 4.69) is 10.3 Å². The molecule has 0 spiro atoms. The molecular weight excluding hydrogens is 463 g/mol. The van der Waals surface area contributed by atoms with Crippen molar-refractivity contribution in [3.63, 3.8) is 0 Å². The molecule has 34 heavy (non-hydrogen) atoms.